The largest absolute Gasteiger partial charge is 0.325 e. The average molecular weight is 433 g/mol. The van der Waals surface area contributed by atoms with Crippen LogP contribution < -0.4 is 10.6 Å². The number of carbonyl (C=O) groups is 2. The second kappa shape index (κ2) is 9.54. The summed E-state index contributed by atoms with van der Waals surface area (Å²) in [7, 11) is 0. The van der Waals surface area contributed by atoms with Gasteiger partial charge in [0.2, 0.25) is 5.91 Å². The molecule has 6 nitrogen and oxygen atoms in total. The molecule has 142 valence electrons. The van der Waals surface area contributed by atoms with E-state index in [0.29, 0.717) is 32.1 Å². The van der Waals surface area contributed by atoms with Crippen molar-refractivity contribution in [2.45, 2.75) is 5.03 Å². The highest BCUT2D eigenvalue weighted by molar-refractivity contribution is 7.99. The van der Waals surface area contributed by atoms with Crippen LogP contribution in [0.5, 0.6) is 0 Å². The summed E-state index contributed by atoms with van der Waals surface area (Å²) in [4.78, 5) is 24.1. The molecular weight excluding hydrogens is 419 g/mol. The van der Waals surface area contributed by atoms with E-state index in [0.717, 1.165) is 0 Å². The molecule has 1 heterocycles. The van der Waals surface area contributed by atoms with Crippen LogP contribution in [0.25, 0.3) is 0 Å². The molecule has 3 aromatic rings. The van der Waals surface area contributed by atoms with Crippen LogP contribution in [0, 0.1) is 0 Å². The summed E-state index contributed by atoms with van der Waals surface area (Å²) in [5, 5.41) is 14.7. The third kappa shape index (κ3) is 5.69. The number of nitrogens with one attached hydrogen (secondary N) is 2. The maximum atomic E-state index is 12.1. The number of hydrogen-bond acceptors (Lipinski definition) is 5. The van der Waals surface area contributed by atoms with Gasteiger partial charge in [0.25, 0.3) is 5.91 Å². The van der Waals surface area contributed by atoms with Gasteiger partial charge in [-0.2, -0.15) is 0 Å². The molecule has 0 bridgehead atoms. The zero-order valence-corrected chi connectivity index (χ0v) is 16.7. The van der Waals surface area contributed by atoms with Gasteiger partial charge in [0.15, 0.2) is 5.82 Å². The van der Waals surface area contributed by atoms with E-state index in [1.165, 1.54) is 11.8 Å². The van der Waals surface area contributed by atoms with Gasteiger partial charge in [0.05, 0.1) is 15.8 Å². The molecule has 2 amide bonds. The Labute approximate surface area is 175 Å². The molecule has 0 atom stereocenters. The SMILES string of the molecule is O=C(CSc1ccc(NC(=O)c2ccccc2)nn1)Nc1ccc(Cl)c(Cl)c1. The van der Waals surface area contributed by atoms with Crippen molar-refractivity contribution < 1.29 is 9.59 Å². The van der Waals surface area contributed by atoms with Gasteiger partial charge in [-0.25, -0.2) is 0 Å². The Balaban J connectivity index is 1.50. The van der Waals surface area contributed by atoms with E-state index in [1.807, 2.05) is 6.07 Å². The molecule has 0 aliphatic heterocycles. The van der Waals surface area contributed by atoms with Crippen LogP contribution in [-0.4, -0.2) is 27.8 Å². The van der Waals surface area contributed by atoms with Crippen LogP contribution in [-0.2, 0) is 4.79 Å². The second-order valence-electron chi connectivity index (χ2n) is 5.54. The number of carbonyl (C=O) groups excluding carboxylic acids is 2. The van der Waals surface area contributed by atoms with Crippen LogP contribution in [0.4, 0.5) is 11.5 Å². The first-order chi connectivity index (χ1) is 13.5. The fraction of sp³-hybridized carbons (Fsp3) is 0.0526. The predicted octanol–water partition coefficient (Wildman–Crippen LogP) is 4.77. The van der Waals surface area contributed by atoms with Gasteiger partial charge in [-0.15, -0.1) is 10.2 Å². The summed E-state index contributed by atoms with van der Waals surface area (Å²) < 4.78 is 0. The summed E-state index contributed by atoms with van der Waals surface area (Å²) in [6.45, 7) is 0. The Hall–Kier alpha value is -2.61. The Morgan fingerprint density at radius 2 is 1.68 bits per heavy atom. The molecular formula is C19H14Cl2N4O2S. The first-order valence-corrected chi connectivity index (χ1v) is 9.83. The molecule has 0 spiro atoms. The van der Waals surface area contributed by atoms with Gasteiger partial charge < -0.3 is 10.6 Å². The molecule has 0 fully saturated rings. The molecule has 2 N–H and O–H groups in total. The number of rotatable bonds is 6. The number of aromatic nitrogens is 2. The molecule has 3 rings (SSSR count). The van der Waals surface area contributed by atoms with Gasteiger partial charge in [0.1, 0.15) is 5.03 Å². The minimum atomic E-state index is -0.267. The normalized spacial score (nSPS) is 10.4. The Morgan fingerprint density at radius 1 is 0.893 bits per heavy atom. The van der Waals surface area contributed by atoms with E-state index < -0.39 is 0 Å². The number of thioether (sulfide) groups is 1. The predicted molar refractivity (Wildman–Crippen MR) is 112 cm³/mol. The highest BCUT2D eigenvalue weighted by atomic mass is 35.5. The number of nitrogens with zero attached hydrogens (tertiary/aromatic N) is 2. The third-order valence-electron chi connectivity index (χ3n) is 3.47. The molecule has 1 aromatic heterocycles. The van der Waals surface area contributed by atoms with Crippen molar-refractivity contribution in [3.05, 3.63) is 76.3 Å². The third-order valence-corrected chi connectivity index (χ3v) is 5.13. The van der Waals surface area contributed by atoms with E-state index in [9.17, 15) is 9.59 Å². The minimum Gasteiger partial charge on any atom is -0.325 e. The number of hydrogen-bond donors (Lipinski definition) is 2. The van der Waals surface area contributed by atoms with Crippen molar-refractivity contribution in [3.8, 4) is 0 Å². The van der Waals surface area contributed by atoms with E-state index in [1.54, 1.807) is 54.6 Å². The maximum Gasteiger partial charge on any atom is 0.256 e. The highest BCUT2D eigenvalue weighted by Gasteiger charge is 2.09. The van der Waals surface area contributed by atoms with Gasteiger partial charge in [-0.1, -0.05) is 53.2 Å². The first-order valence-electron chi connectivity index (χ1n) is 8.09. The highest BCUT2D eigenvalue weighted by Crippen LogP contribution is 2.25. The van der Waals surface area contributed by atoms with Gasteiger partial charge >= 0.3 is 0 Å². The molecule has 0 saturated heterocycles. The quantitative estimate of drug-likeness (QED) is 0.548. The van der Waals surface area contributed by atoms with E-state index in [4.69, 9.17) is 23.2 Å². The van der Waals surface area contributed by atoms with Crippen molar-refractivity contribution in [2.75, 3.05) is 16.4 Å². The lowest BCUT2D eigenvalue weighted by atomic mass is 10.2. The summed E-state index contributed by atoms with van der Waals surface area (Å²) in [6.07, 6.45) is 0. The maximum absolute atomic E-state index is 12.1. The standard InChI is InChI=1S/C19H14Cl2N4O2S/c20-14-7-6-13(10-15(14)21)22-17(26)11-28-18-9-8-16(24-25-18)23-19(27)12-4-2-1-3-5-12/h1-10H,11H2,(H,22,26)(H,23,24,27). The number of benzene rings is 2. The van der Waals surface area contributed by atoms with E-state index >= 15 is 0 Å². The summed E-state index contributed by atoms with van der Waals surface area (Å²) in [5.41, 5.74) is 1.09. The number of halogens is 2. The molecule has 0 saturated carbocycles. The van der Waals surface area contributed by atoms with Gasteiger partial charge in [0, 0.05) is 11.3 Å². The van der Waals surface area contributed by atoms with Crippen LogP contribution in [0.1, 0.15) is 10.4 Å². The van der Waals surface area contributed by atoms with Crippen LogP contribution in [0.2, 0.25) is 10.0 Å². The molecule has 0 unspecified atom stereocenters. The van der Waals surface area contributed by atoms with Crippen molar-refractivity contribution >= 4 is 58.3 Å². The second-order valence-corrected chi connectivity index (χ2v) is 7.35. The van der Waals surface area contributed by atoms with Crippen molar-refractivity contribution in [1.29, 1.82) is 0 Å². The lowest BCUT2D eigenvalue weighted by molar-refractivity contribution is -0.113. The van der Waals surface area contributed by atoms with Gasteiger partial charge in [-0.3, -0.25) is 9.59 Å². The lowest BCUT2D eigenvalue weighted by Crippen LogP contribution is -2.14. The Morgan fingerprint density at radius 3 is 2.36 bits per heavy atom. The van der Waals surface area contributed by atoms with Crippen molar-refractivity contribution in [3.63, 3.8) is 0 Å². The lowest BCUT2D eigenvalue weighted by Gasteiger charge is -2.06. The zero-order chi connectivity index (χ0) is 19.9. The van der Waals surface area contributed by atoms with Gasteiger partial charge in [-0.05, 0) is 42.5 Å². The molecule has 28 heavy (non-hydrogen) atoms. The summed E-state index contributed by atoms with van der Waals surface area (Å²) >= 11 is 13.0. The first kappa shape index (κ1) is 20.1. The zero-order valence-electron chi connectivity index (χ0n) is 14.4. The fourth-order valence-corrected chi connectivity index (χ4v) is 3.06. The van der Waals surface area contributed by atoms with Crippen LogP contribution >= 0.6 is 35.0 Å². The van der Waals surface area contributed by atoms with Crippen LogP contribution in [0.15, 0.2) is 65.7 Å². The van der Waals surface area contributed by atoms with E-state index in [-0.39, 0.29) is 17.6 Å². The Bertz CT molecular complexity index is 985. The summed E-state index contributed by atoms with van der Waals surface area (Å²) in [5.74, 6) is -0.00797. The Kier molecular flexibility index (Phi) is 6.86. The molecule has 0 aliphatic carbocycles. The molecule has 9 heteroatoms. The molecule has 0 radical (unpaired) electrons. The fourth-order valence-electron chi connectivity index (χ4n) is 2.15. The minimum absolute atomic E-state index is 0.143. The van der Waals surface area contributed by atoms with Crippen molar-refractivity contribution in [2.24, 2.45) is 0 Å². The molecule has 0 aliphatic rings. The smallest absolute Gasteiger partial charge is 0.256 e. The average Bonchev–Trinajstić information content (AvgIpc) is 2.71. The summed E-state index contributed by atoms with van der Waals surface area (Å²) in [6, 6.07) is 17.0. The number of anilines is 2. The van der Waals surface area contributed by atoms with Crippen molar-refractivity contribution in [1.82, 2.24) is 10.2 Å². The van der Waals surface area contributed by atoms with E-state index in [2.05, 4.69) is 20.8 Å². The topological polar surface area (TPSA) is 84.0 Å². The molecule has 2 aromatic carbocycles. The number of amides is 2. The monoisotopic (exact) mass is 432 g/mol. The van der Waals surface area contributed by atoms with Crippen LogP contribution in [0.3, 0.4) is 0 Å².